The summed E-state index contributed by atoms with van der Waals surface area (Å²) >= 11 is 0. The fraction of sp³-hybridized carbons (Fsp3) is 0.417. The molecule has 0 heterocycles. The highest BCUT2D eigenvalue weighted by atomic mass is 19.1. The van der Waals surface area contributed by atoms with E-state index in [1.54, 1.807) is 24.3 Å². The number of nitrogens with zero attached hydrogens (tertiary/aromatic N) is 1. The Bertz CT molecular complexity index is 877. The smallest absolute Gasteiger partial charge is 0.303 e. The predicted octanol–water partition coefficient (Wildman–Crippen LogP) is 3.95. The average molecular weight is 413 g/mol. The van der Waals surface area contributed by atoms with Crippen LogP contribution in [0, 0.1) is 5.82 Å². The number of rotatable bonds is 6. The molecule has 0 aliphatic heterocycles. The van der Waals surface area contributed by atoms with Gasteiger partial charge < -0.3 is 10.1 Å². The lowest BCUT2D eigenvalue weighted by molar-refractivity contribution is -0.154. The van der Waals surface area contributed by atoms with Crippen molar-refractivity contribution in [1.82, 2.24) is 10.2 Å². The van der Waals surface area contributed by atoms with Crippen LogP contribution in [0.4, 0.5) is 4.39 Å². The maximum atomic E-state index is 13.8. The van der Waals surface area contributed by atoms with Gasteiger partial charge in [0.1, 0.15) is 5.82 Å². The quantitative estimate of drug-likeness (QED) is 0.730. The van der Waals surface area contributed by atoms with E-state index in [4.69, 9.17) is 4.74 Å². The highest BCUT2D eigenvalue weighted by molar-refractivity contribution is 5.84. The molecule has 1 saturated carbocycles. The van der Waals surface area contributed by atoms with Crippen LogP contribution in [0.2, 0.25) is 0 Å². The Morgan fingerprint density at radius 3 is 2.33 bits per heavy atom. The second-order valence-corrected chi connectivity index (χ2v) is 8.12. The van der Waals surface area contributed by atoms with Crippen LogP contribution in [0.25, 0.3) is 0 Å². The summed E-state index contributed by atoms with van der Waals surface area (Å²) < 4.78 is 19.1. The van der Waals surface area contributed by atoms with E-state index in [-0.39, 0.29) is 23.3 Å². The number of carbonyl (C=O) groups is 2. The molecule has 160 valence electrons. The van der Waals surface area contributed by atoms with E-state index in [9.17, 15) is 14.0 Å². The molecule has 0 aromatic heterocycles. The maximum absolute atomic E-state index is 13.8. The first-order chi connectivity index (χ1) is 14.3. The van der Waals surface area contributed by atoms with Gasteiger partial charge in [-0.25, -0.2) is 4.39 Å². The summed E-state index contributed by atoms with van der Waals surface area (Å²) in [5.74, 6) is -1.05. The van der Waals surface area contributed by atoms with Crippen molar-refractivity contribution < 1.29 is 18.7 Å². The van der Waals surface area contributed by atoms with Gasteiger partial charge in [0.05, 0.1) is 0 Å². The van der Waals surface area contributed by atoms with Crippen LogP contribution in [0.1, 0.15) is 49.8 Å². The van der Waals surface area contributed by atoms with Crippen LogP contribution in [-0.4, -0.2) is 36.9 Å². The standard InChI is InChI=1S/C24H29FN2O3/c1-17(28)30-22(18-8-5-4-6-9-18)23(29)26-21-12-14-24(15-13-21,27(2)3)19-10-7-11-20(25)16-19/h4-11,16,21-22H,12-15H2,1-3H3,(H,26,29). The van der Waals surface area contributed by atoms with Crippen molar-refractivity contribution in [2.24, 2.45) is 0 Å². The Hall–Kier alpha value is -2.73. The summed E-state index contributed by atoms with van der Waals surface area (Å²) in [4.78, 5) is 26.6. The molecule has 1 unspecified atom stereocenters. The van der Waals surface area contributed by atoms with Crippen LogP contribution in [0.15, 0.2) is 54.6 Å². The Balaban J connectivity index is 1.70. The largest absolute Gasteiger partial charge is 0.447 e. The Morgan fingerprint density at radius 2 is 1.77 bits per heavy atom. The van der Waals surface area contributed by atoms with Gasteiger partial charge in [-0.1, -0.05) is 42.5 Å². The zero-order chi connectivity index (χ0) is 21.7. The van der Waals surface area contributed by atoms with E-state index in [1.165, 1.54) is 13.0 Å². The molecule has 1 N–H and O–H groups in total. The molecule has 6 heteroatoms. The van der Waals surface area contributed by atoms with E-state index in [1.807, 2.05) is 38.4 Å². The Kier molecular flexibility index (Phi) is 6.87. The van der Waals surface area contributed by atoms with E-state index < -0.39 is 12.1 Å². The van der Waals surface area contributed by atoms with Crippen molar-refractivity contribution >= 4 is 11.9 Å². The summed E-state index contributed by atoms with van der Waals surface area (Å²) in [7, 11) is 4.02. The molecule has 0 radical (unpaired) electrons. The lowest BCUT2D eigenvalue weighted by atomic mass is 9.74. The molecule has 0 saturated heterocycles. The van der Waals surface area contributed by atoms with Gasteiger partial charge in [0, 0.05) is 24.1 Å². The first-order valence-electron chi connectivity index (χ1n) is 10.3. The number of hydrogen-bond acceptors (Lipinski definition) is 4. The second kappa shape index (κ2) is 9.39. The van der Waals surface area contributed by atoms with Crippen molar-refractivity contribution in [3.05, 3.63) is 71.5 Å². The molecule has 1 aliphatic rings. The van der Waals surface area contributed by atoms with Gasteiger partial charge in [-0.15, -0.1) is 0 Å². The van der Waals surface area contributed by atoms with Crippen molar-refractivity contribution in [3.63, 3.8) is 0 Å². The van der Waals surface area contributed by atoms with Crippen LogP contribution >= 0.6 is 0 Å². The lowest BCUT2D eigenvalue weighted by Gasteiger charge is -2.45. The topological polar surface area (TPSA) is 58.6 Å². The first kappa shape index (κ1) is 22.0. The van der Waals surface area contributed by atoms with Gasteiger partial charge in [-0.3, -0.25) is 14.5 Å². The molecular formula is C24H29FN2O3. The number of amides is 1. The maximum Gasteiger partial charge on any atom is 0.303 e. The van der Waals surface area contributed by atoms with E-state index in [0.29, 0.717) is 5.56 Å². The first-order valence-corrected chi connectivity index (χ1v) is 10.3. The minimum Gasteiger partial charge on any atom is -0.447 e. The summed E-state index contributed by atoms with van der Waals surface area (Å²) in [6.45, 7) is 1.30. The molecular weight excluding hydrogens is 383 g/mol. The molecule has 5 nitrogen and oxygen atoms in total. The number of benzene rings is 2. The van der Waals surface area contributed by atoms with Crippen LogP contribution in [-0.2, 0) is 19.9 Å². The zero-order valence-electron chi connectivity index (χ0n) is 17.7. The predicted molar refractivity (Wildman–Crippen MR) is 113 cm³/mol. The van der Waals surface area contributed by atoms with Gasteiger partial charge in [-0.05, 0) is 57.5 Å². The minimum absolute atomic E-state index is 0.0269. The van der Waals surface area contributed by atoms with Crippen molar-refractivity contribution in [2.45, 2.75) is 50.3 Å². The summed E-state index contributed by atoms with van der Waals surface area (Å²) in [6.07, 6.45) is 2.12. The molecule has 1 aliphatic carbocycles. The summed E-state index contributed by atoms with van der Waals surface area (Å²) in [5, 5.41) is 3.05. The number of halogens is 1. The van der Waals surface area contributed by atoms with Gasteiger partial charge in [0.25, 0.3) is 5.91 Å². The minimum atomic E-state index is -0.965. The number of esters is 1. The van der Waals surface area contributed by atoms with Crippen molar-refractivity contribution in [1.29, 1.82) is 0 Å². The molecule has 0 spiro atoms. The van der Waals surface area contributed by atoms with Crippen LogP contribution in [0.5, 0.6) is 0 Å². The molecule has 1 fully saturated rings. The number of nitrogens with one attached hydrogen (secondary N) is 1. The van der Waals surface area contributed by atoms with E-state index in [2.05, 4.69) is 10.2 Å². The van der Waals surface area contributed by atoms with Crippen molar-refractivity contribution in [3.8, 4) is 0 Å². The van der Waals surface area contributed by atoms with E-state index >= 15 is 0 Å². The Morgan fingerprint density at radius 1 is 1.10 bits per heavy atom. The number of ether oxygens (including phenoxy) is 1. The van der Waals surface area contributed by atoms with Gasteiger partial charge >= 0.3 is 5.97 Å². The zero-order valence-corrected chi connectivity index (χ0v) is 17.7. The summed E-state index contributed by atoms with van der Waals surface area (Å²) in [6, 6.07) is 15.8. The molecule has 2 aromatic rings. The third-order valence-corrected chi connectivity index (χ3v) is 6.00. The number of carbonyl (C=O) groups excluding carboxylic acids is 2. The monoisotopic (exact) mass is 412 g/mol. The molecule has 30 heavy (non-hydrogen) atoms. The SMILES string of the molecule is CC(=O)OC(C(=O)NC1CCC(c2cccc(F)c2)(N(C)C)CC1)c1ccccc1. The van der Waals surface area contributed by atoms with Crippen LogP contribution in [0.3, 0.4) is 0 Å². The van der Waals surface area contributed by atoms with Crippen LogP contribution < -0.4 is 5.32 Å². The highest BCUT2D eigenvalue weighted by Crippen LogP contribution is 2.41. The lowest BCUT2D eigenvalue weighted by Crippen LogP contribution is -2.49. The summed E-state index contributed by atoms with van der Waals surface area (Å²) in [5.41, 5.74) is 1.33. The third-order valence-electron chi connectivity index (χ3n) is 6.00. The molecule has 2 aromatic carbocycles. The fourth-order valence-electron chi connectivity index (χ4n) is 4.36. The Labute approximate surface area is 177 Å². The van der Waals surface area contributed by atoms with Gasteiger partial charge in [0.15, 0.2) is 0 Å². The van der Waals surface area contributed by atoms with E-state index in [0.717, 1.165) is 31.2 Å². The van der Waals surface area contributed by atoms with Gasteiger partial charge in [-0.2, -0.15) is 0 Å². The number of hydrogen-bond donors (Lipinski definition) is 1. The molecule has 3 rings (SSSR count). The average Bonchev–Trinajstić information content (AvgIpc) is 2.73. The second-order valence-electron chi connectivity index (χ2n) is 8.12. The van der Waals surface area contributed by atoms with Crippen molar-refractivity contribution in [2.75, 3.05) is 14.1 Å². The molecule has 0 bridgehead atoms. The third kappa shape index (κ3) is 4.87. The molecule has 1 amide bonds. The van der Waals surface area contributed by atoms with Gasteiger partial charge in [0.2, 0.25) is 6.10 Å². The molecule has 1 atom stereocenters. The fourth-order valence-corrected chi connectivity index (χ4v) is 4.36. The normalized spacial score (nSPS) is 22.4. The highest BCUT2D eigenvalue weighted by Gasteiger charge is 2.40.